The van der Waals surface area contributed by atoms with Crippen molar-refractivity contribution in [2.24, 2.45) is 7.05 Å². The first-order valence-corrected chi connectivity index (χ1v) is 10.9. The molecule has 0 saturated carbocycles. The van der Waals surface area contributed by atoms with E-state index in [9.17, 15) is 8.78 Å². The predicted octanol–water partition coefficient (Wildman–Crippen LogP) is 5.85. The van der Waals surface area contributed by atoms with Crippen molar-refractivity contribution < 1.29 is 8.78 Å². The van der Waals surface area contributed by atoms with Gasteiger partial charge in [0, 0.05) is 49.0 Å². The Balaban J connectivity index is 1.68. The molecule has 4 aromatic rings. The summed E-state index contributed by atoms with van der Waals surface area (Å²) in [6, 6.07) is 13.5. The summed E-state index contributed by atoms with van der Waals surface area (Å²) in [7, 11) is 3.60. The van der Waals surface area contributed by atoms with Crippen molar-refractivity contribution >= 4 is 28.0 Å². The molecule has 0 spiro atoms. The first-order valence-electron chi connectivity index (χ1n) is 10.9. The number of nitrogens with one attached hydrogen (secondary N) is 1. The summed E-state index contributed by atoms with van der Waals surface area (Å²) < 4.78 is 30.0. The standard InChI is InChI=1S/C26H25F2N5/c1-16(29-2)22-10-9-17-6-4-8-23(25(17)31-22)33-11-5-7-18-12-20(19-14-30-32(3)15-19)21(26(27)28)13-24(18)33/h4,6,8-10,12-15,26,29H,1,5,7,11H2,2-3H3. The minimum Gasteiger partial charge on any atom is -0.387 e. The third kappa shape index (κ3) is 3.73. The van der Waals surface area contributed by atoms with Crippen LogP contribution in [0.1, 0.15) is 29.7 Å². The van der Waals surface area contributed by atoms with Gasteiger partial charge < -0.3 is 10.2 Å². The highest BCUT2D eigenvalue weighted by atomic mass is 19.3. The van der Waals surface area contributed by atoms with Crippen LogP contribution < -0.4 is 10.2 Å². The fraction of sp³-hybridized carbons (Fsp3) is 0.231. The topological polar surface area (TPSA) is 46.0 Å². The number of rotatable bonds is 5. The third-order valence-electron chi connectivity index (χ3n) is 6.22. The average Bonchev–Trinajstić information content (AvgIpc) is 3.27. The lowest BCUT2D eigenvalue weighted by atomic mass is 9.92. The van der Waals surface area contributed by atoms with E-state index < -0.39 is 6.43 Å². The summed E-state index contributed by atoms with van der Waals surface area (Å²) in [6.45, 7) is 4.76. The molecule has 0 unspecified atom stereocenters. The van der Waals surface area contributed by atoms with Gasteiger partial charge in [0.2, 0.25) is 0 Å². The molecule has 0 amide bonds. The Morgan fingerprint density at radius 3 is 2.73 bits per heavy atom. The number of para-hydroxylation sites is 1. The monoisotopic (exact) mass is 445 g/mol. The van der Waals surface area contributed by atoms with Crippen molar-refractivity contribution in [2.75, 3.05) is 18.5 Å². The smallest absolute Gasteiger partial charge is 0.264 e. The van der Waals surface area contributed by atoms with Crippen LogP contribution >= 0.6 is 0 Å². The number of aryl methyl sites for hydroxylation is 2. The van der Waals surface area contributed by atoms with Crippen molar-refractivity contribution in [1.82, 2.24) is 20.1 Å². The lowest BCUT2D eigenvalue weighted by Crippen LogP contribution is -2.25. The molecular formula is C26H25F2N5. The summed E-state index contributed by atoms with van der Waals surface area (Å²) in [4.78, 5) is 6.98. The van der Waals surface area contributed by atoms with E-state index in [-0.39, 0.29) is 5.56 Å². The second-order valence-electron chi connectivity index (χ2n) is 8.30. The van der Waals surface area contributed by atoms with Gasteiger partial charge >= 0.3 is 0 Å². The number of hydrogen-bond donors (Lipinski definition) is 1. The minimum atomic E-state index is -2.59. The molecule has 1 N–H and O–H groups in total. The number of pyridine rings is 1. The Hall–Kier alpha value is -3.74. The highest BCUT2D eigenvalue weighted by molar-refractivity contribution is 5.94. The molecule has 1 aliphatic rings. The lowest BCUT2D eigenvalue weighted by molar-refractivity contribution is 0.152. The Labute approximate surface area is 191 Å². The molecule has 1 aliphatic heterocycles. The largest absolute Gasteiger partial charge is 0.387 e. The van der Waals surface area contributed by atoms with Crippen LogP contribution in [-0.4, -0.2) is 28.4 Å². The van der Waals surface area contributed by atoms with Gasteiger partial charge in [-0.1, -0.05) is 24.8 Å². The number of benzene rings is 2. The van der Waals surface area contributed by atoms with Crippen LogP contribution in [0, 0.1) is 0 Å². The van der Waals surface area contributed by atoms with E-state index in [1.54, 1.807) is 30.2 Å². The van der Waals surface area contributed by atoms with Crippen LogP contribution in [0.2, 0.25) is 0 Å². The summed E-state index contributed by atoms with van der Waals surface area (Å²) in [5, 5.41) is 8.21. The van der Waals surface area contributed by atoms with Crippen LogP contribution in [-0.2, 0) is 13.5 Å². The first-order chi connectivity index (χ1) is 16.0. The van der Waals surface area contributed by atoms with Gasteiger partial charge in [-0.2, -0.15) is 5.10 Å². The molecule has 5 rings (SSSR count). The van der Waals surface area contributed by atoms with Gasteiger partial charge in [-0.15, -0.1) is 0 Å². The predicted molar refractivity (Wildman–Crippen MR) is 129 cm³/mol. The third-order valence-corrected chi connectivity index (χ3v) is 6.22. The molecule has 3 heterocycles. The molecule has 0 bridgehead atoms. The number of halogens is 2. The maximum Gasteiger partial charge on any atom is 0.264 e. The fourth-order valence-electron chi connectivity index (χ4n) is 4.54. The molecular weight excluding hydrogens is 420 g/mol. The van der Waals surface area contributed by atoms with Crippen molar-refractivity contribution in [1.29, 1.82) is 0 Å². The molecule has 2 aromatic carbocycles. The number of aromatic nitrogens is 3. The summed E-state index contributed by atoms with van der Waals surface area (Å²) >= 11 is 0. The van der Waals surface area contributed by atoms with Gasteiger partial charge in [-0.3, -0.25) is 4.68 Å². The first kappa shape index (κ1) is 21.1. The number of hydrogen-bond acceptors (Lipinski definition) is 4. The fourth-order valence-corrected chi connectivity index (χ4v) is 4.54. The van der Waals surface area contributed by atoms with Crippen molar-refractivity contribution in [2.45, 2.75) is 19.3 Å². The Bertz CT molecular complexity index is 1360. The van der Waals surface area contributed by atoms with E-state index >= 15 is 0 Å². The zero-order valence-electron chi connectivity index (χ0n) is 18.6. The zero-order valence-corrected chi connectivity index (χ0v) is 18.6. The van der Waals surface area contributed by atoms with Gasteiger partial charge in [0.15, 0.2) is 0 Å². The molecule has 0 aliphatic carbocycles. The van der Waals surface area contributed by atoms with Gasteiger partial charge in [0.05, 0.1) is 28.8 Å². The van der Waals surface area contributed by atoms with E-state index in [1.165, 1.54) is 0 Å². The minimum absolute atomic E-state index is 0.0195. The number of nitrogens with zero attached hydrogens (tertiary/aromatic N) is 4. The molecule has 0 fully saturated rings. The molecule has 33 heavy (non-hydrogen) atoms. The number of anilines is 2. The summed E-state index contributed by atoms with van der Waals surface area (Å²) in [5.74, 6) is 0. The molecule has 0 saturated heterocycles. The van der Waals surface area contributed by atoms with E-state index in [1.807, 2.05) is 43.4 Å². The maximum absolute atomic E-state index is 14.2. The SMILES string of the molecule is C=C(NC)c1ccc2cccc(N3CCCc4cc(-c5cnn(C)c5)c(C(F)F)cc43)c2n1. The summed E-state index contributed by atoms with van der Waals surface area (Å²) in [5.41, 5.74) is 6.36. The van der Waals surface area contributed by atoms with Crippen LogP contribution in [0.15, 0.2) is 61.4 Å². The lowest BCUT2D eigenvalue weighted by Gasteiger charge is -2.33. The zero-order chi connectivity index (χ0) is 23.1. The quantitative estimate of drug-likeness (QED) is 0.419. The molecule has 2 aromatic heterocycles. The van der Waals surface area contributed by atoms with Gasteiger partial charge in [0.1, 0.15) is 0 Å². The normalized spacial score (nSPS) is 13.4. The van der Waals surface area contributed by atoms with Crippen molar-refractivity contribution in [3.63, 3.8) is 0 Å². The van der Waals surface area contributed by atoms with Crippen LogP contribution in [0.5, 0.6) is 0 Å². The van der Waals surface area contributed by atoms with E-state index in [4.69, 9.17) is 4.98 Å². The molecule has 0 atom stereocenters. The van der Waals surface area contributed by atoms with Crippen LogP contribution in [0.4, 0.5) is 20.2 Å². The van der Waals surface area contributed by atoms with Gasteiger partial charge in [-0.25, -0.2) is 13.8 Å². The summed E-state index contributed by atoms with van der Waals surface area (Å²) in [6.07, 6.45) is 2.58. The number of alkyl halides is 2. The van der Waals surface area contributed by atoms with Crippen LogP contribution in [0.3, 0.4) is 0 Å². The Kier molecular flexibility index (Phi) is 5.32. The maximum atomic E-state index is 14.2. The van der Waals surface area contributed by atoms with E-state index in [2.05, 4.69) is 21.9 Å². The van der Waals surface area contributed by atoms with Crippen molar-refractivity contribution in [3.05, 3.63) is 78.3 Å². The Morgan fingerprint density at radius 1 is 1.15 bits per heavy atom. The highest BCUT2D eigenvalue weighted by Gasteiger charge is 2.25. The Morgan fingerprint density at radius 2 is 2.00 bits per heavy atom. The molecule has 168 valence electrons. The molecule has 5 nitrogen and oxygen atoms in total. The molecule has 7 heteroatoms. The number of fused-ring (bicyclic) bond motifs is 2. The van der Waals surface area contributed by atoms with Crippen LogP contribution in [0.25, 0.3) is 27.7 Å². The molecule has 0 radical (unpaired) electrons. The van der Waals surface area contributed by atoms with Gasteiger partial charge in [0.25, 0.3) is 6.43 Å². The highest BCUT2D eigenvalue weighted by Crippen LogP contribution is 2.42. The van der Waals surface area contributed by atoms with E-state index in [0.717, 1.165) is 58.6 Å². The average molecular weight is 446 g/mol. The van der Waals surface area contributed by atoms with Crippen molar-refractivity contribution in [3.8, 4) is 11.1 Å². The van der Waals surface area contributed by atoms with E-state index in [0.29, 0.717) is 11.1 Å². The second-order valence-corrected chi connectivity index (χ2v) is 8.30. The van der Waals surface area contributed by atoms with Gasteiger partial charge in [-0.05, 0) is 48.2 Å². The second kappa shape index (κ2) is 8.31.